The Kier molecular flexibility index (Phi) is 2.78. The normalized spacial score (nSPS) is 10.6. The van der Waals surface area contributed by atoms with E-state index in [9.17, 15) is 4.79 Å². The zero-order chi connectivity index (χ0) is 11.7. The van der Waals surface area contributed by atoms with Crippen LogP contribution in [0.15, 0.2) is 16.9 Å². The minimum atomic E-state index is -0.197. The molecule has 2 heterocycles. The number of aromatic amines is 1. The summed E-state index contributed by atoms with van der Waals surface area (Å²) in [5.74, 6) is 0.0678. The van der Waals surface area contributed by atoms with Gasteiger partial charge in [-0.2, -0.15) is 10.2 Å². The Morgan fingerprint density at radius 1 is 1.62 bits per heavy atom. The number of aryl methyl sites for hydroxylation is 1. The Hall–Kier alpha value is -1.63. The van der Waals surface area contributed by atoms with Crippen LogP contribution in [0.25, 0.3) is 0 Å². The van der Waals surface area contributed by atoms with Crippen LogP contribution in [-0.2, 0) is 6.54 Å². The number of halogens is 1. The fourth-order valence-corrected chi connectivity index (χ4v) is 1.91. The zero-order valence-electron chi connectivity index (χ0n) is 8.57. The van der Waals surface area contributed by atoms with Gasteiger partial charge in [0.2, 0.25) is 5.78 Å². The van der Waals surface area contributed by atoms with Crippen LogP contribution in [0.5, 0.6) is 0 Å². The Balaban J connectivity index is 2.49. The van der Waals surface area contributed by atoms with E-state index in [-0.39, 0.29) is 11.6 Å². The molecule has 0 spiro atoms. The van der Waals surface area contributed by atoms with E-state index in [0.29, 0.717) is 22.3 Å². The van der Waals surface area contributed by atoms with Gasteiger partial charge in [-0.15, -0.1) is 0 Å². The van der Waals surface area contributed by atoms with Crippen LogP contribution in [0.4, 0.5) is 5.82 Å². The topological polar surface area (TPSA) is 89.6 Å². The fourth-order valence-electron chi connectivity index (χ4n) is 1.43. The molecule has 2 aromatic rings. The van der Waals surface area contributed by atoms with Crippen LogP contribution in [0.2, 0.25) is 0 Å². The van der Waals surface area contributed by atoms with Crippen LogP contribution in [-0.4, -0.2) is 25.8 Å². The molecule has 7 heteroatoms. The molecule has 0 amide bonds. The van der Waals surface area contributed by atoms with Gasteiger partial charge in [0.05, 0.1) is 22.4 Å². The first-order chi connectivity index (χ1) is 7.65. The largest absolute Gasteiger partial charge is 0.383 e. The molecule has 16 heavy (non-hydrogen) atoms. The number of carbonyl (C=O) groups excluding carboxylic acids is 1. The highest BCUT2D eigenvalue weighted by Gasteiger charge is 2.21. The number of ketones is 1. The molecule has 0 aromatic carbocycles. The number of nitrogens with two attached hydrogens (primary N) is 1. The van der Waals surface area contributed by atoms with E-state index < -0.39 is 0 Å². The molecule has 3 N–H and O–H groups in total. The maximum Gasteiger partial charge on any atom is 0.217 e. The van der Waals surface area contributed by atoms with Crippen LogP contribution >= 0.6 is 15.9 Å². The molecule has 6 nitrogen and oxygen atoms in total. The van der Waals surface area contributed by atoms with Gasteiger partial charge in [-0.25, -0.2) is 0 Å². The molecule has 2 aromatic heterocycles. The van der Waals surface area contributed by atoms with Crippen molar-refractivity contribution in [1.82, 2.24) is 20.0 Å². The van der Waals surface area contributed by atoms with E-state index in [4.69, 9.17) is 5.73 Å². The Morgan fingerprint density at radius 2 is 2.38 bits per heavy atom. The molecule has 0 aliphatic rings. The molecule has 0 fully saturated rings. The highest BCUT2D eigenvalue weighted by Crippen LogP contribution is 2.21. The number of nitrogens with one attached hydrogen (secondary N) is 1. The molecule has 0 bridgehead atoms. The lowest BCUT2D eigenvalue weighted by Gasteiger charge is -2.03. The molecular formula is C9H10BrN5O. The van der Waals surface area contributed by atoms with Crippen molar-refractivity contribution in [2.75, 3.05) is 5.73 Å². The number of carbonyl (C=O) groups is 1. The number of hydrogen-bond acceptors (Lipinski definition) is 4. The van der Waals surface area contributed by atoms with Gasteiger partial charge in [0, 0.05) is 6.54 Å². The first kappa shape index (κ1) is 10.9. The van der Waals surface area contributed by atoms with Crippen LogP contribution < -0.4 is 5.73 Å². The molecule has 0 aliphatic heterocycles. The van der Waals surface area contributed by atoms with Crippen LogP contribution in [0.1, 0.15) is 23.0 Å². The lowest BCUT2D eigenvalue weighted by molar-refractivity contribution is 0.102. The number of nitrogens with zero attached hydrogens (tertiary/aromatic N) is 3. The SMILES string of the molecule is CCn1ncc(Br)c1C(=O)c1cn[nH]c1N. The molecule has 0 aliphatic carbocycles. The van der Waals surface area contributed by atoms with Crippen molar-refractivity contribution in [3.8, 4) is 0 Å². The van der Waals surface area contributed by atoms with Gasteiger partial charge in [0.1, 0.15) is 11.5 Å². The maximum absolute atomic E-state index is 12.2. The number of rotatable bonds is 3. The minimum absolute atomic E-state index is 0.197. The monoisotopic (exact) mass is 283 g/mol. The van der Waals surface area contributed by atoms with Crippen molar-refractivity contribution in [1.29, 1.82) is 0 Å². The van der Waals surface area contributed by atoms with Gasteiger partial charge in [0.15, 0.2) is 0 Å². The predicted molar refractivity (Wildman–Crippen MR) is 62.0 cm³/mol. The number of nitrogen functional groups attached to an aromatic ring is 1. The zero-order valence-corrected chi connectivity index (χ0v) is 10.2. The Bertz CT molecular complexity index is 530. The summed E-state index contributed by atoms with van der Waals surface area (Å²) in [6.07, 6.45) is 3.00. The number of aromatic nitrogens is 4. The van der Waals surface area contributed by atoms with Gasteiger partial charge in [-0.1, -0.05) is 0 Å². The van der Waals surface area contributed by atoms with Crippen LogP contribution in [0.3, 0.4) is 0 Å². The highest BCUT2D eigenvalue weighted by molar-refractivity contribution is 9.10. The van der Waals surface area contributed by atoms with Gasteiger partial charge in [-0.05, 0) is 22.9 Å². The van der Waals surface area contributed by atoms with E-state index in [1.54, 1.807) is 10.9 Å². The molecule has 0 saturated carbocycles. The summed E-state index contributed by atoms with van der Waals surface area (Å²) in [4.78, 5) is 12.2. The van der Waals surface area contributed by atoms with Gasteiger partial charge < -0.3 is 5.73 Å². The van der Waals surface area contributed by atoms with Gasteiger partial charge in [0.25, 0.3) is 0 Å². The van der Waals surface area contributed by atoms with E-state index in [1.807, 2.05) is 6.92 Å². The molecule has 0 unspecified atom stereocenters. The lowest BCUT2D eigenvalue weighted by atomic mass is 10.1. The first-order valence-electron chi connectivity index (χ1n) is 4.70. The summed E-state index contributed by atoms with van der Waals surface area (Å²) >= 11 is 3.29. The summed E-state index contributed by atoms with van der Waals surface area (Å²) in [6, 6.07) is 0. The summed E-state index contributed by atoms with van der Waals surface area (Å²) in [5, 5.41) is 10.3. The maximum atomic E-state index is 12.2. The Labute approximate surface area is 100.0 Å². The number of H-pyrrole nitrogens is 1. The molecule has 2 rings (SSSR count). The van der Waals surface area contributed by atoms with Crippen molar-refractivity contribution in [2.24, 2.45) is 0 Å². The van der Waals surface area contributed by atoms with Crippen molar-refractivity contribution < 1.29 is 4.79 Å². The van der Waals surface area contributed by atoms with Crippen molar-refractivity contribution in [3.05, 3.63) is 28.1 Å². The number of hydrogen-bond donors (Lipinski definition) is 2. The fraction of sp³-hybridized carbons (Fsp3) is 0.222. The van der Waals surface area contributed by atoms with Gasteiger partial charge in [-0.3, -0.25) is 14.6 Å². The second-order valence-electron chi connectivity index (χ2n) is 3.18. The summed E-state index contributed by atoms with van der Waals surface area (Å²) in [5.41, 5.74) is 6.44. The van der Waals surface area contributed by atoms with E-state index in [0.717, 1.165) is 0 Å². The van der Waals surface area contributed by atoms with E-state index in [1.165, 1.54) is 6.20 Å². The standard InChI is InChI=1S/C9H10BrN5O/c1-2-15-7(6(10)4-13-15)8(16)5-3-12-14-9(5)11/h3-4H,2H2,1H3,(H3,11,12,14). The van der Waals surface area contributed by atoms with Crippen molar-refractivity contribution >= 4 is 27.5 Å². The Morgan fingerprint density at radius 3 is 2.94 bits per heavy atom. The predicted octanol–water partition coefficient (Wildman–Crippen LogP) is 1.20. The highest BCUT2D eigenvalue weighted by atomic mass is 79.9. The molecule has 0 saturated heterocycles. The van der Waals surface area contributed by atoms with E-state index in [2.05, 4.69) is 31.2 Å². The van der Waals surface area contributed by atoms with Crippen molar-refractivity contribution in [2.45, 2.75) is 13.5 Å². The minimum Gasteiger partial charge on any atom is -0.383 e. The quantitative estimate of drug-likeness (QED) is 0.829. The molecule has 0 radical (unpaired) electrons. The summed E-state index contributed by atoms with van der Waals surface area (Å²) in [6.45, 7) is 2.53. The summed E-state index contributed by atoms with van der Waals surface area (Å²) < 4.78 is 2.26. The van der Waals surface area contributed by atoms with E-state index >= 15 is 0 Å². The van der Waals surface area contributed by atoms with Crippen LogP contribution in [0, 0.1) is 0 Å². The molecule has 84 valence electrons. The smallest absolute Gasteiger partial charge is 0.217 e. The lowest BCUT2D eigenvalue weighted by Crippen LogP contribution is -2.12. The first-order valence-corrected chi connectivity index (χ1v) is 5.49. The van der Waals surface area contributed by atoms with Gasteiger partial charge >= 0.3 is 0 Å². The average molecular weight is 284 g/mol. The molecule has 0 atom stereocenters. The summed E-state index contributed by atoms with van der Waals surface area (Å²) in [7, 11) is 0. The van der Waals surface area contributed by atoms with Crippen molar-refractivity contribution in [3.63, 3.8) is 0 Å². The third-order valence-corrected chi connectivity index (χ3v) is 2.80. The second-order valence-corrected chi connectivity index (χ2v) is 4.04. The third-order valence-electron chi connectivity index (χ3n) is 2.22. The second kappa shape index (κ2) is 4.09. The third kappa shape index (κ3) is 1.63. The molecular weight excluding hydrogens is 274 g/mol. The average Bonchev–Trinajstić information content (AvgIpc) is 2.83. The number of anilines is 1.